The molecule has 38 heavy (non-hydrogen) atoms. The smallest absolute Gasteiger partial charge is 0.269 e. The first-order valence-corrected chi connectivity index (χ1v) is 13.5. The Labute approximate surface area is 226 Å². The number of amides is 1. The number of nitro benzene ring substituents is 1. The molecule has 4 rings (SSSR count). The summed E-state index contributed by atoms with van der Waals surface area (Å²) in [6.07, 6.45) is 0.921. The van der Waals surface area contributed by atoms with Crippen LogP contribution in [-0.4, -0.2) is 25.6 Å². The van der Waals surface area contributed by atoms with Crippen molar-refractivity contribution in [3.05, 3.63) is 111 Å². The van der Waals surface area contributed by atoms with Gasteiger partial charge in [-0.25, -0.2) is 0 Å². The summed E-state index contributed by atoms with van der Waals surface area (Å²) in [5.74, 6) is 1.40. The number of hydrogen-bond acceptors (Lipinski definition) is 6. The third-order valence-corrected chi connectivity index (χ3v) is 6.95. The molecule has 3 aromatic carbocycles. The molecule has 9 heteroatoms. The molecule has 0 aliphatic heterocycles. The van der Waals surface area contributed by atoms with Crippen LogP contribution in [0.4, 0.5) is 5.69 Å². The third kappa shape index (κ3) is 7.07. The van der Waals surface area contributed by atoms with E-state index in [1.165, 1.54) is 29.5 Å². The Balaban J connectivity index is 1.74. The van der Waals surface area contributed by atoms with E-state index in [4.69, 9.17) is 0 Å². The van der Waals surface area contributed by atoms with Crippen LogP contribution in [-0.2, 0) is 17.0 Å². The molecule has 8 nitrogen and oxygen atoms in total. The van der Waals surface area contributed by atoms with E-state index in [0.29, 0.717) is 35.3 Å². The number of nitrogens with zero attached hydrogens (tertiary/aromatic N) is 4. The Morgan fingerprint density at radius 2 is 1.71 bits per heavy atom. The second-order valence-corrected chi connectivity index (χ2v) is 10.6. The van der Waals surface area contributed by atoms with Crippen LogP contribution in [0, 0.1) is 23.0 Å². The second-order valence-electron chi connectivity index (χ2n) is 9.64. The zero-order valence-electron chi connectivity index (χ0n) is 21.7. The van der Waals surface area contributed by atoms with Crippen molar-refractivity contribution in [2.75, 3.05) is 0 Å². The number of aryl methyl sites for hydroxylation is 1. The molecule has 0 spiro atoms. The molecule has 1 aromatic heterocycles. The van der Waals surface area contributed by atoms with Gasteiger partial charge in [0.2, 0.25) is 5.91 Å². The molecule has 1 heterocycles. The van der Waals surface area contributed by atoms with Gasteiger partial charge in [0.1, 0.15) is 0 Å². The Morgan fingerprint density at radius 1 is 1.00 bits per heavy atom. The van der Waals surface area contributed by atoms with Crippen LogP contribution in [0.15, 0.2) is 84.0 Å². The van der Waals surface area contributed by atoms with Gasteiger partial charge in [0, 0.05) is 30.0 Å². The van der Waals surface area contributed by atoms with Crippen molar-refractivity contribution in [2.24, 2.45) is 5.92 Å². The highest BCUT2D eigenvalue weighted by Crippen LogP contribution is 2.30. The van der Waals surface area contributed by atoms with Gasteiger partial charge in [-0.15, -0.1) is 10.2 Å². The minimum atomic E-state index is -0.445. The number of rotatable bonds is 11. The van der Waals surface area contributed by atoms with Crippen molar-refractivity contribution >= 4 is 23.4 Å². The summed E-state index contributed by atoms with van der Waals surface area (Å²) in [6.45, 7) is 6.07. The molecular weight excluding hydrogens is 498 g/mol. The van der Waals surface area contributed by atoms with Crippen molar-refractivity contribution in [2.45, 2.75) is 50.6 Å². The molecule has 4 aromatic rings. The van der Waals surface area contributed by atoms with Gasteiger partial charge in [-0.2, -0.15) is 0 Å². The minimum absolute atomic E-state index is 0.00316. The van der Waals surface area contributed by atoms with Gasteiger partial charge in [-0.3, -0.25) is 19.5 Å². The predicted molar refractivity (Wildman–Crippen MR) is 149 cm³/mol. The first-order valence-electron chi connectivity index (χ1n) is 12.5. The van der Waals surface area contributed by atoms with E-state index in [0.717, 1.165) is 11.1 Å². The maximum absolute atomic E-state index is 12.9. The highest BCUT2D eigenvalue weighted by atomic mass is 32.2. The van der Waals surface area contributed by atoms with Crippen LogP contribution < -0.4 is 5.32 Å². The lowest BCUT2D eigenvalue weighted by molar-refractivity contribution is -0.384. The lowest BCUT2D eigenvalue weighted by atomic mass is 10.0. The SMILES string of the molecule is Cc1cccc(CSc2nnc(C(Cc3ccccc3)NC(=O)CC(C)C)n2-c2ccc([N+](=O)[O-])cc2)c1. The molecule has 0 saturated heterocycles. The minimum Gasteiger partial charge on any atom is -0.346 e. The van der Waals surface area contributed by atoms with Gasteiger partial charge < -0.3 is 5.32 Å². The monoisotopic (exact) mass is 529 g/mol. The predicted octanol–water partition coefficient (Wildman–Crippen LogP) is 6.22. The molecule has 1 amide bonds. The maximum atomic E-state index is 12.9. The molecule has 0 fully saturated rings. The van der Waals surface area contributed by atoms with E-state index < -0.39 is 11.0 Å². The highest BCUT2D eigenvalue weighted by molar-refractivity contribution is 7.98. The average Bonchev–Trinajstić information content (AvgIpc) is 3.31. The van der Waals surface area contributed by atoms with E-state index in [1.54, 1.807) is 12.1 Å². The largest absolute Gasteiger partial charge is 0.346 e. The van der Waals surface area contributed by atoms with Crippen LogP contribution in [0.2, 0.25) is 0 Å². The van der Waals surface area contributed by atoms with E-state index in [2.05, 4.69) is 40.6 Å². The van der Waals surface area contributed by atoms with Crippen molar-refractivity contribution in [3.63, 3.8) is 0 Å². The molecule has 0 saturated carbocycles. The summed E-state index contributed by atoms with van der Waals surface area (Å²) >= 11 is 1.53. The Hall–Kier alpha value is -3.98. The van der Waals surface area contributed by atoms with Gasteiger partial charge in [0.25, 0.3) is 5.69 Å². The summed E-state index contributed by atoms with van der Waals surface area (Å²) < 4.78 is 1.90. The van der Waals surface area contributed by atoms with E-state index in [1.807, 2.05) is 54.8 Å². The fourth-order valence-electron chi connectivity index (χ4n) is 4.20. The number of non-ortho nitro benzene ring substituents is 1. The lowest BCUT2D eigenvalue weighted by Gasteiger charge is -2.21. The Kier molecular flexibility index (Phi) is 8.91. The molecule has 1 unspecified atom stereocenters. The van der Waals surface area contributed by atoms with Gasteiger partial charge in [0.15, 0.2) is 11.0 Å². The van der Waals surface area contributed by atoms with E-state index >= 15 is 0 Å². The second kappa shape index (κ2) is 12.5. The molecule has 0 radical (unpaired) electrons. The quantitative estimate of drug-likeness (QED) is 0.140. The fourth-order valence-corrected chi connectivity index (χ4v) is 5.10. The summed E-state index contributed by atoms with van der Waals surface area (Å²) in [7, 11) is 0. The first-order chi connectivity index (χ1) is 18.3. The summed E-state index contributed by atoms with van der Waals surface area (Å²) in [4.78, 5) is 23.7. The lowest BCUT2D eigenvalue weighted by Crippen LogP contribution is -2.32. The molecule has 0 aliphatic rings. The van der Waals surface area contributed by atoms with Gasteiger partial charge in [-0.05, 0) is 42.5 Å². The number of hydrogen-bond donors (Lipinski definition) is 1. The number of thioether (sulfide) groups is 1. The van der Waals surface area contributed by atoms with Gasteiger partial charge in [-0.1, -0.05) is 85.8 Å². The molecule has 1 atom stereocenters. The van der Waals surface area contributed by atoms with Crippen LogP contribution in [0.25, 0.3) is 5.69 Å². The zero-order valence-corrected chi connectivity index (χ0v) is 22.5. The van der Waals surface area contributed by atoms with E-state index in [-0.39, 0.29) is 17.5 Å². The van der Waals surface area contributed by atoms with Crippen molar-refractivity contribution in [1.29, 1.82) is 0 Å². The van der Waals surface area contributed by atoms with Crippen LogP contribution in [0.5, 0.6) is 0 Å². The van der Waals surface area contributed by atoms with Crippen molar-refractivity contribution in [3.8, 4) is 5.69 Å². The molecule has 0 bridgehead atoms. The highest BCUT2D eigenvalue weighted by Gasteiger charge is 2.25. The Bertz CT molecular complexity index is 1390. The summed E-state index contributed by atoms with van der Waals surface area (Å²) in [5, 5.41) is 24.1. The number of nitro groups is 1. The van der Waals surface area contributed by atoms with Crippen LogP contribution in [0.3, 0.4) is 0 Å². The van der Waals surface area contributed by atoms with Crippen molar-refractivity contribution < 1.29 is 9.72 Å². The molecule has 1 N–H and O–H groups in total. The molecule has 196 valence electrons. The van der Waals surface area contributed by atoms with E-state index in [9.17, 15) is 14.9 Å². The summed E-state index contributed by atoms with van der Waals surface area (Å²) in [6, 6.07) is 24.1. The normalized spacial score (nSPS) is 11.9. The van der Waals surface area contributed by atoms with Crippen LogP contribution in [0.1, 0.15) is 48.8 Å². The number of carbonyl (C=O) groups is 1. The van der Waals surface area contributed by atoms with Crippen molar-refractivity contribution in [1.82, 2.24) is 20.1 Å². The number of nitrogens with one attached hydrogen (secondary N) is 1. The fraction of sp³-hybridized carbons (Fsp3) is 0.276. The van der Waals surface area contributed by atoms with Gasteiger partial charge >= 0.3 is 0 Å². The maximum Gasteiger partial charge on any atom is 0.269 e. The topological polar surface area (TPSA) is 103 Å². The standard InChI is InChI=1S/C29H31N5O3S/c1-20(2)16-27(35)30-26(18-22-9-5-4-6-10-22)28-31-32-29(38-19-23-11-7-8-21(3)17-23)33(28)24-12-14-25(15-13-24)34(36)37/h4-15,17,20,26H,16,18-19H2,1-3H3,(H,30,35). The number of aromatic nitrogens is 3. The van der Waals surface area contributed by atoms with Crippen LogP contribution >= 0.6 is 11.8 Å². The number of carbonyl (C=O) groups excluding carboxylic acids is 1. The third-order valence-electron chi connectivity index (χ3n) is 5.95. The summed E-state index contributed by atoms with van der Waals surface area (Å²) in [5.41, 5.74) is 4.08. The average molecular weight is 530 g/mol. The number of benzene rings is 3. The first kappa shape index (κ1) is 27.1. The molecular formula is C29H31N5O3S. The zero-order chi connectivity index (χ0) is 27.1. The Morgan fingerprint density at radius 3 is 2.37 bits per heavy atom. The van der Waals surface area contributed by atoms with Gasteiger partial charge in [0.05, 0.1) is 11.0 Å². The molecule has 0 aliphatic carbocycles.